The van der Waals surface area contributed by atoms with Crippen molar-refractivity contribution in [2.75, 3.05) is 0 Å². The molecule has 1 amide bonds. The van der Waals surface area contributed by atoms with Crippen molar-refractivity contribution < 1.29 is 4.79 Å². The van der Waals surface area contributed by atoms with Crippen LogP contribution in [-0.2, 0) is 4.79 Å². The number of nitrogens with zero attached hydrogens (tertiary/aromatic N) is 2. The summed E-state index contributed by atoms with van der Waals surface area (Å²) in [5.74, 6) is 0.462. The highest BCUT2D eigenvalue weighted by Crippen LogP contribution is 2.20. The number of aryl methyl sites for hydroxylation is 1. The number of hydrogen-bond donors (Lipinski definition) is 1. The van der Waals surface area contributed by atoms with E-state index in [0.717, 1.165) is 16.9 Å². The number of primary amides is 1. The summed E-state index contributed by atoms with van der Waals surface area (Å²) in [4.78, 5) is 15.5. The molecule has 1 heterocycles. The van der Waals surface area contributed by atoms with Gasteiger partial charge in [0.05, 0.1) is 11.0 Å². The van der Waals surface area contributed by atoms with Gasteiger partial charge in [0.1, 0.15) is 11.9 Å². The number of para-hydroxylation sites is 2. The van der Waals surface area contributed by atoms with E-state index in [2.05, 4.69) is 4.98 Å². The molecular weight excluding hydrogens is 190 g/mol. The summed E-state index contributed by atoms with van der Waals surface area (Å²) in [5.41, 5.74) is 7.14. The molecule has 0 spiro atoms. The highest BCUT2D eigenvalue weighted by atomic mass is 16.1. The second-order valence-corrected chi connectivity index (χ2v) is 3.60. The average Bonchev–Trinajstić information content (AvgIpc) is 2.52. The Bertz CT molecular complexity index is 516. The number of amides is 1. The Kier molecular flexibility index (Phi) is 2.19. The molecule has 15 heavy (non-hydrogen) atoms. The molecule has 2 N–H and O–H groups in total. The van der Waals surface area contributed by atoms with Crippen molar-refractivity contribution in [1.29, 1.82) is 0 Å². The minimum Gasteiger partial charge on any atom is -0.368 e. The van der Waals surface area contributed by atoms with Crippen molar-refractivity contribution in [3.05, 3.63) is 30.1 Å². The summed E-state index contributed by atoms with van der Waals surface area (Å²) in [6.45, 7) is 3.66. The zero-order valence-electron chi connectivity index (χ0n) is 8.77. The molecule has 2 aromatic rings. The van der Waals surface area contributed by atoms with Crippen LogP contribution >= 0.6 is 0 Å². The van der Waals surface area contributed by atoms with Crippen molar-refractivity contribution >= 4 is 16.9 Å². The minimum absolute atomic E-state index is 0.346. The minimum atomic E-state index is -0.364. The number of hydrogen-bond acceptors (Lipinski definition) is 2. The van der Waals surface area contributed by atoms with E-state index in [1.165, 1.54) is 0 Å². The third-order valence-electron chi connectivity index (χ3n) is 2.57. The zero-order valence-corrected chi connectivity index (χ0v) is 8.77. The molecule has 78 valence electrons. The van der Waals surface area contributed by atoms with Crippen LogP contribution in [0.3, 0.4) is 0 Å². The number of imidazole rings is 1. The third kappa shape index (κ3) is 1.48. The van der Waals surface area contributed by atoms with Crippen LogP contribution in [0.25, 0.3) is 11.0 Å². The molecule has 0 unspecified atom stereocenters. The molecule has 0 aliphatic carbocycles. The molecule has 0 aliphatic heterocycles. The van der Waals surface area contributed by atoms with Crippen molar-refractivity contribution in [3.8, 4) is 0 Å². The van der Waals surface area contributed by atoms with Gasteiger partial charge in [0.25, 0.3) is 0 Å². The van der Waals surface area contributed by atoms with Crippen molar-refractivity contribution in [2.45, 2.75) is 19.9 Å². The summed E-state index contributed by atoms with van der Waals surface area (Å²) in [7, 11) is 0. The molecule has 0 saturated carbocycles. The second-order valence-electron chi connectivity index (χ2n) is 3.60. The Morgan fingerprint density at radius 3 is 2.80 bits per heavy atom. The molecule has 0 bridgehead atoms. The van der Waals surface area contributed by atoms with Crippen LogP contribution in [0.2, 0.25) is 0 Å². The van der Waals surface area contributed by atoms with E-state index in [0.29, 0.717) is 0 Å². The lowest BCUT2D eigenvalue weighted by atomic mass is 10.2. The molecule has 1 atom stereocenters. The third-order valence-corrected chi connectivity index (χ3v) is 2.57. The quantitative estimate of drug-likeness (QED) is 0.801. The lowest BCUT2D eigenvalue weighted by Gasteiger charge is -2.12. The van der Waals surface area contributed by atoms with Crippen LogP contribution in [-0.4, -0.2) is 15.5 Å². The van der Waals surface area contributed by atoms with Gasteiger partial charge in [0, 0.05) is 0 Å². The molecular formula is C11H13N3O. The van der Waals surface area contributed by atoms with Crippen LogP contribution in [0, 0.1) is 6.92 Å². The fourth-order valence-corrected chi connectivity index (χ4v) is 1.78. The van der Waals surface area contributed by atoms with Gasteiger partial charge < -0.3 is 10.3 Å². The van der Waals surface area contributed by atoms with E-state index in [9.17, 15) is 4.79 Å². The highest BCUT2D eigenvalue weighted by molar-refractivity contribution is 5.82. The van der Waals surface area contributed by atoms with Crippen LogP contribution in [0.5, 0.6) is 0 Å². The maximum atomic E-state index is 11.2. The van der Waals surface area contributed by atoms with E-state index in [1.54, 1.807) is 6.92 Å². The molecule has 4 heteroatoms. The number of nitrogens with two attached hydrogens (primary N) is 1. The molecule has 1 aromatic carbocycles. The predicted molar refractivity (Wildman–Crippen MR) is 58.4 cm³/mol. The van der Waals surface area contributed by atoms with E-state index >= 15 is 0 Å². The maximum Gasteiger partial charge on any atom is 0.240 e. The first kappa shape index (κ1) is 9.71. The van der Waals surface area contributed by atoms with Gasteiger partial charge in [-0.3, -0.25) is 4.79 Å². The molecule has 4 nitrogen and oxygen atoms in total. The maximum absolute atomic E-state index is 11.2. The molecule has 0 aliphatic rings. The number of rotatable bonds is 2. The van der Waals surface area contributed by atoms with Gasteiger partial charge in [-0.2, -0.15) is 0 Å². The molecule has 1 aromatic heterocycles. The number of aromatic nitrogens is 2. The molecule has 2 rings (SSSR count). The smallest absolute Gasteiger partial charge is 0.240 e. The number of benzene rings is 1. The first-order chi connectivity index (χ1) is 7.11. The Labute approximate surface area is 87.7 Å². The first-order valence-electron chi connectivity index (χ1n) is 4.84. The van der Waals surface area contributed by atoms with Gasteiger partial charge in [-0.15, -0.1) is 0 Å². The van der Waals surface area contributed by atoms with Crippen molar-refractivity contribution in [1.82, 2.24) is 9.55 Å². The standard InChI is InChI=1S/C11H13N3O/c1-7(11(12)15)14-8(2)13-9-5-3-4-6-10(9)14/h3-7H,1-2H3,(H2,12,15)/t7-/m1/s1. The number of carbonyl (C=O) groups excluding carboxylic acids is 1. The van der Waals surface area contributed by atoms with Gasteiger partial charge in [0.2, 0.25) is 5.91 Å². The van der Waals surface area contributed by atoms with E-state index in [4.69, 9.17) is 5.73 Å². The summed E-state index contributed by atoms with van der Waals surface area (Å²) < 4.78 is 1.86. The van der Waals surface area contributed by atoms with Gasteiger partial charge in [-0.05, 0) is 26.0 Å². The predicted octanol–water partition coefficient (Wildman–Crippen LogP) is 1.39. The summed E-state index contributed by atoms with van der Waals surface area (Å²) >= 11 is 0. The molecule has 0 radical (unpaired) electrons. The van der Waals surface area contributed by atoms with Crippen molar-refractivity contribution in [2.24, 2.45) is 5.73 Å². The van der Waals surface area contributed by atoms with Gasteiger partial charge in [-0.1, -0.05) is 12.1 Å². The Morgan fingerprint density at radius 1 is 1.47 bits per heavy atom. The van der Waals surface area contributed by atoms with Crippen LogP contribution in [0.15, 0.2) is 24.3 Å². The van der Waals surface area contributed by atoms with E-state index in [-0.39, 0.29) is 11.9 Å². The van der Waals surface area contributed by atoms with Crippen LogP contribution < -0.4 is 5.73 Å². The SMILES string of the molecule is Cc1nc2ccccc2n1[C@H](C)C(N)=O. The Hall–Kier alpha value is -1.84. The fraction of sp³-hybridized carbons (Fsp3) is 0.273. The van der Waals surface area contributed by atoms with Gasteiger partial charge in [0.15, 0.2) is 0 Å². The first-order valence-corrected chi connectivity index (χ1v) is 4.84. The summed E-state index contributed by atoms with van der Waals surface area (Å²) in [6.07, 6.45) is 0. The van der Waals surface area contributed by atoms with E-state index < -0.39 is 0 Å². The number of carbonyl (C=O) groups is 1. The topological polar surface area (TPSA) is 60.9 Å². The largest absolute Gasteiger partial charge is 0.368 e. The van der Waals surface area contributed by atoms with E-state index in [1.807, 2.05) is 35.8 Å². The summed E-state index contributed by atoms with van der Waals surface area (Å²) in [5, 5.41) is 0. The average molecular weight is 203 g/mol. The molecule has 0 fully saturated rings. The zero-order chi connectivity index (χ0) is 11.0. The van der Waals surface area contributed by atoms with Crippen molar-refractivity contribution in [3.63, 3.8) is 0 Å². The van der Waals surface area contributed by atoms with Crippen LogP contribution in [0.1, 0.15) is 18.8 Å². The van der Waals surface area contributed by atoms with Gasteiger partial charge in [-0.25, -0.2) is 4.98 Å². The lowest BCUT2D eigenvalue weighted by Crippen LogP contribution is -2.24. The highest BCUT2D eigenvalue weighted by Gasteiger charge is 2.16. The van der Waals surface area contributed by atoms with Gasteiger partial charge >= 0.3 is 0 Å². The summed E-state index contributed by atoms with van der Waals surface area (Å²) in [6, 6.07) is 7.35. The Morgan fingerprint density at radius 2 is 2.13 bits per heavy atom. The molecule has 0 saturated heterocycles. The lowest BCUT2D eigenvalue weighted by molar-refractivity contribution is -0.120. The monoisotopic (exact) mass is 203 g/mol. The van der Waals surface area contributed by atoms with Crippen LogP contribution in [0.4, 0.5) is 0 Å². The fourth-order valence-electron chi connectivity index (χ4n) is 1.78. The Balaban J connectivity index is 2.68. The second kappa shape index (κ2) is 3.38. The number of fused-ring (bicyclic) bond motifs is 1. The normalized spacial score (nSPS) is 12.9.